The van der Waals surface area contributed by atoms with Crippen LogP contribution >= 0.6 is 11.6 Å². The first kappa shape index (κ1) is 19.8. The Morgan fingerprint density at radius 3 is 2.67 bits per heavy atom. The van der Waals surface area contributed by atoms with Gasteiger partial charge in [0, 0.05) is 36.6 Å². The molecule has 2 atom stereocenters. The SMILES string of the molecule is Cc1nn(C)cc1[C@@H]1C[C@@H](C(=O)Nc2cccc(Cl)c2C)N(C)S(=O)(=O)N1. The maximum absolute atomic E-state index is 12.9. The van der Waals surface area contributed by atoms with Crippen LogP contribution in [-0.4, -0.2) is 41.5 Å². The van der Waals surface area contributed by atoms with Crippen molar-refractivity contribution in [2.45, 2.75) is 32.4 Å². The molecular formula is C17H22ClN5O3S. The molecule has 0 unspecified atom stereocenters. The summed E-state index contributed by atoms with van der Waals surface area (Å²) in [4.78, 5) is 12.9. The van der Waals surface area contributed by atoms with E-state index in [0.717, 1.165) is 21.1 Å². The van der Waals surface area contributed by atoms with E-state index >= 15 is 0 Å². The molecule has 1 amide bonds. The summed E-state index contributed by atoms with van der Waals surface area (Å²) in [5, 5.41) is 7.60. The lowest BCUT2D eigenvalue weighted by atomic mass is 10.00. The van der Waals surface area contributed by atoms with Crippen molar-refractivity contribution in [1.82, 2.24) is 18.8 Å². The minimum atomic E-state index is -3.81. The summed E-state index contributed by atoms with van der Waals surface area (Å²) in [5.41, 5.74) is 2.77. The minimum absolute atomic E-state index is 0.285. The van der Waals surface area contributed by atoms with Crippen LogP contribution in [0.3, 0.4) is 0 Å². The van der Waals surface area contributed by atoms with E-state index in [9.17, 15) is 13.2 Å². The summed E-state index contributed by atoms with van der Waals surface area (Å²) < 4.78 is 30.4. The molecule has 27 heavy (non-hydrogen) atoms. The minimum Gasteiger partial charge on any atom is -0.324 e. The molecule has 1 aliphatic rings. The van der Waals surface area contributed by atoms with E-state index in [1.807, 2.05) is 6.92 Å². The van der Waals surface area contributed by atoms with Gasteiger partial charge in [0.15, 0.2) is 0 Å². The van der Waals surface area contributed by atoms with Crippen molar-refractivity contribution in [3.8, 4) is 0 Å². The summed E-state index contributed by atoms with van der Waals surface area (Å²) in [6.45, 7) is 3.61. The number of carbonyl (C=O) groups is 1. The molecule has 1 aromatic carbocycles. The molecule has 0 spiro atoms. The molecule has 8 nitrogen and oxygen atoms in total. The molecule has 1 fully saturated rings. The Balaban J connectivity index is 1.89. The van der Waals surface area contributed by atoms with E-state index in [4.69, 9.17) is 11.6 Å². The topological polar surface area (TPSA) is 96.3 Å². The van der Waals surface area contributed by atoms with Gasteiger partial charge in [0.1, 0.15) is 6.04 Å². The van der Waals surface area contributed by atoms with Crippen molar-refractivity contribution < 1.29 is 13.2 Å². The number of benzene rings is 1. The van der Waals surface area contributed by atoms with Crippen LogP contribution in [0.15, 0.2) is 24.4 Å². The molecule has 0 bridgehead atoms. The van der Waals surface area contributed by atoms with Gasteiger partial charge in [-0.25, -0.2) is 0 Å². The number of hydrogen-bond donors (Lipinski definition) is 2. The van der Waals surface area contributed by atoms with Gasteiger partial charge in [-0.05, 0) is 38.0 Å². The highest BCUT2D eigenvalue weighted by Gasteiger charge is 2.41. The van der Waals surface area contributed by atoms with E-state index in [2.05, 4.69) is 15.1 Å². The van der Waals surface area contributed by atoms with Crippen LogP contribution in [0.2, 0.25) is 5.02 Å². The third-order valence-corrected chi connectivity index (χ3v) is 6.83. The molecule has 1 aromatic heterocycles. The molecule has 2 N–H and O–H groups in total. The van der Waals surface area contributed by atoms with Gasteiger partial charge in [0.2, 0.25) is 5.91 Å². The number of rotatable bonds is 3. The first-order valence-electron chi connectivity index (χ1n) is 8.41. The summed E-state index contributed by atoms with van der Waals surface area (Å²) in [6, 6.07) is 3.80. The van der Waals surface area contributed by atoms with Gasteiger partial charge in [0.25, 0.3) is 10.2 Å². The number of nitrogens with one attached hydrogen (secondary N) is 2. The average Bonchev–Trinajstić information content (AvgIpc) is 2.92. The molecular weight excluding hydrogens is 390 g/mol. The summed E-state index contributed by atoms with van der Waals surface area (Å²) >= 11 is 6.10. The maximum Gasteiger partial charge on any atom is 0.280 e. The van der Waals surface area contributed by atoms with Crippen molar-refractivity contribution in [1.29, 1.82) is 0 Å². The Labute approximate surface area is 163 Å². The number of amides is 1. The Kier molecular flexibility index (Phi) is 5.31. The van der Waals surface area contributed by atoms with Crippen LogP contribution in [0, 0.1) is 13.8 Å². The third kappa shape index (κ3) is 3.86. The van der Waals surface area contributed by atoms with Gasteiger partial charge in [-0.1, -0.05) is 17.7 Å². The van der Waals surface area contributed by atoms with Gasteiger partial charge in [-0.15, -0.1) is 0 Å². The van der Waals surface area contributed by atoms with Crippen LogP contribution in [0.4, 0.5) is 5.69 Å². The van der Waals surface area contributed by atoms with E-state index in [-0.39, 0.29) is 6.42 Å². The number of halogens is 1. The lowest BCUT2D eigenvalue weighted by molar-refractivity contribution is -0.120. The average molecular weight is 412 g/mol. The predicted molar refractivity (Wildman–Crippen MR) is 104 cm³/mol. The number of likely N-dealkylation sites (N-methyl/N-ethyl adjacent to an activating group) is 1. The molecule has 2 aromatic rings. The zero-order valence-electron chi connectivity index (χ0n) is 15.5. The molecule has 0 aliphatic carbocycles. The number of hydrogen-bond acceptors (Lipinski definition) is 4. The van der Waals surface area contributed by atoms with Crippen LogP contribution in [0.25, 0.3) is 0 Å². The number of aromatic nitrogens is 2. The Morgan fingerprint density at radius 1 is 1.33 bits per heavy atom. The normalized spacial score (nSPS) is 22.6. The first-order valence-corrected chi connectivity index (χ1v) is 10.2. The number of anilines is 1. The molecule has 3 rings (SSSR count). The summed E-state index contributed by atoms with van der Waals surface area (Å²) in [5.74, 6) is -0.403. The molecule has 0 radical (unpaired) electrons. The standard InChI is InChI=1S/C17H22ClN5O3S/c1-10-13(18)6-5-7-14(10)19-17(24)16-8-15(21-27(25,26)23(16)4)12-9-22(3)20-11(12)2/h5-7,9,15-16,21H,8H2,1-4H3,(H,19,24)/t15-,16-/m0/s1. The number of nitrogens with zero attached hydrogens (tertiary/aromatic N) is 3. The van der Waals surface area contributed by atoms with Gasteiger partial charge in [0.05, 0.1) is 11.7 Å². The van der Waals surface area contributed by atoms with Gasteiger partial charge in [-0.3, -0.25) is 9.48 Å². The second kappa shape index (κ2) is 7.23. The Bertz CT molecular complexity index is 988. The summed E-state index contributed by atoms with van der Waals surface area (Å²) in [6.07, 6.45) is 2.05. The highest BCUT2D eigenvalue weighted by molar-refractivity contribution is 7.87. The van der Waals surface area contributed by atoms with Crippen LogP contribution < -0.4 is 10.0 Å². The zero-order chi connectivity index (χ0) is 19.9. The van der Waals surface area contributed by atoms with E-state index in [0.29, 0.717) is 10.7 Å². The summed E-state index contributed by atoms with van der Waals surface area (Å²) in [7, 11) is -0.649. The molecule has 0 saturated carbocycles. The molecule has 10 heteroatoms. The molecule has 1 saturated heterocycles. The fraction of sp³-hybridized carbons (Fsp3) is 0.412. The maximum atomic E-state index is 12.9. The largest absolute Gasteiger partial charge is 0.324 e. The fourth-order valence-electron chi connectivity index (χ4n) is 3.23. The van der Waals surface area contributed by atoms with Crippen molar-refractivity contribution in [3.63, 3.8) is 0 Å². The highest BCUT2D eigenvalue weighted by atomic mass is 35.5. The third-order valence-electron chi connectivity index (χ3n) is 4.82. The van der Waals surface area contributed by atoms with Gasteiger partial charge in [-0.2, -0.15) is 22.5 Å². The van der Waals surface area contributed by atoms with E-state index in [1.165, 1.54) is 7.05 Å². The van der Waals surface area contributed by atoms with Crippen molar-refractivity contribution >= 4 is 33.4 Å². The van der Waals surface area contributed by atoms with Crippen molar-refractivity contribution in [3.05, 3.63) is 46.2 Å². The molecule has 1 aliphatic heterocycles. The van der Waals surface area contributed by atoms with Gasteiger partial charge < -0.3 is 5.32 Å². The van der Waals surface area contributed by atoms with Crippen molar-refractivity contribution in [2.75, 3.05) is 12.4 Å². The highest BCUT2D eigenvalue weighted by Crippen LogP contribution is 2.30. The number of carbonyl (C=O) groups excluding carboxylic acids is 1. The first-order chi connectivity index (χ1) is 12.6. The van der Waals surface area contributed by atoms with E-state index < -0.39 is 28.2 Å². The Morgan fingerprint density at radius 2 is 2.04 bits per heavy atom. The lowest BCUT2D eigenvalue weighted by Gasteiger charge is -2.36. The van der Waals surface area contributed by atoms with Crippen molar-refractivity contribution in [2.24, 2.45) is 7.05 Å². The van der Waals surface area contributed by atoms with Crippen LogP contribution in [0.1, 0.15) is 29.3 Å². The molecule has 146 valence electrons. The smallest absolute Gasteiger partial charge is 0.280 e. The Hall–Kier alpha value is -1.94. The van der Waals surface area contributed by atoms with E-state index in [1.54, 1.807) is 43.0 Å². The fourth-order valence-corrected chi connectivity index (χ4v) is 4.67. The molecule has 2 heterocycles. The van der Waals surface area contributed by atoms with Gasteiger partial charge >= 0.3 is 0 Å². The zero-order valence-corrected chi connectivity index (χ0v) is 17.1. The second-order valence-corrected chi connectivity index (χ2v) is 8.86. The monoisotopic (exact) mass is 411 g/mol. The second-order valence-electron chi connectivity index (χ2n) is 6.69. The van der Waals surface area contributed by atoms with Crippen LogP contribution in [0.5, 0.6) is 0 Å². The quantitative estimate of drug-likeness (QED) is 0.806. The van der Waals surface area contributed by atoms with Crippen LogP contribution in [-0.2, 0) is 22.1 Å². The predicted octanol–water partition coefficient (Wildman–Crippen LogP) is 1.91. The lowest BCUT2D eigenvalue weighted by Crippen LogP contribution is -2.56. The number of aryl methyl sites for hydroxylation is 2.